The molecule has 4 heteroatoms. The lowest BCUT2D eigenvalue weighted by molar-refractivity contribution is 0.822. The highest BCUT2D eigenvalue weighted by atomic mass is 35.5. The van der Waals surface area contributed by atoms with Crippen molar-refractivity contribution >= 4 is 38.7 Å². The summed E-state index contributed by atoms with van der Waals surface area (Å²) in [5.74, 6) is 0. The number of thiazole rings is 1. The van der Waals surface area contributed by atoms with E-state index in [2.05, 4.69) is 16.9 Å². The largest absolute Gasteiger partial charge is 0.316 e. The highest BCUT2D eigenvalue weighted by Crippen LogP contribution is 2.31. The van der Waals surface area contributed by atoms with Crippen molar-refractivity contribution in [1.29, 1.82) is 0 Å². The first-order valence-electron chi connectivity index (χ1n) is 5.01. The van der Waals surface area contributed by atoms with E-state index in [0.29, 0.717) is 0 Å². The molecule has 1 aromatic heterocycles. The van der Waals surface area contributed by atoms with Crippen LogP contribution in [0.2, 0.25) is 5.02 Å². The van der Waals surface area contributed by atoms with Crippen LogP contribution in [0.15, 0.2) is 18.7 Å². The molecule has 0 aliphatic carbocycles. The molecule has 1 aromatic carbocycles. The number of nitrogens with one attached hydrogen (secondary N) is 1. The molecule has 2 nitrogen and oxygen atoms in total. The molecule has 0 saturated heterocycles. The zero-order valence-electron chi connectivity index (χ0n) is 9.30. The van der Waals surface area contributed by atoms with Crippen LogP contribution in [0.25, 0.3) is 15.8 Å². The third kappa shape index (κ3) is 2.12. The first kappa shape index (κ1) is 11.6. The predicted molar refractivity (Wildman–Crippen MR) is 72.1 cm³/mol. The van der Waals surface area contributed by atoms with Crippen LogP contribution in [0.3, 0.4) is 0 Å². The lowest BCUT2D eigenvalue weighted by atomic mass is 10.2. The van der Waals surface area contributed by atoms with Gasteiger partial charge in [-0.25, -0.2) is 4.98 Å². The number of hydrogen-bond acceptors (Lipinski definition) is 3. The van der Waals surface area contributed by atoms with E-state index in [9.17, 15) is 0 Å². The van der Waals surface area contributed by atoms with E-state index in [4.69, 9.17) is 11.6 Å². The Labute approximate surface area is 104 Å². The standard InChI is InChI=1S/C12H13ClN2S/c1-7(2)12-15-11-8(6-14-3)4-9(13)5-10(11)16-12/h4-5,14H,1,6H2,2-3H3. The second-order valence-corrected chi connectivity index (χ2v) is 5.21. The molecule has 0 saturated carbocycles. The summed E-state index contributed by atoms with van der Waals surface area (Å²) in [4.78, 5) is 4.59. The summed E-state index contributed by atoms with van der Waals surface area (Å²) in [5, 5.41) is 4.87. The fourth-order valence-electron chi connectivity index (χ4n) is 1.57. The molecule has 0 fully saturated rings. The molecule has 0 aliphatic rings. The number of aromatic nitrogens is 1. The van der Waals surface area contributed by atoms with Gasteiger partial charge in [0, 0.05) is 11.6 Å². The van der Waals surface area contributed by atoms with Gasteiger partial charge in [-0.1, -0.05) is 18.2 Å². The molecule has 0 aliphatic heterocycles. The smallest absolute Gasteiger partial charge is 0.119 e. The van der Waals surface area contributed by atoms with Gasteiger partial charge in [0.25, 0.3) is 0 Å². The third-order valence-electron chi connectivity index (χ3n) is 2.27. The normalized spacial score (nSPS) is 10.9. The van der Waals surface area contributed by atoms with E-state index in [0.717, 1.165) is 37.9 Å². The van der Waals surface area contributed by atoms with Crippen molar-refractivity contribution < 1.29 is 0 Å². The zero-order chi connectivity index (χ0) is 11.7. The third-order valence-corrected chi connectivity index (χ3v) is 3.65. The molecule has 0 unspecified atom stereocenters. The van der Waals surface area contributed by atoms with E-state index in [1.807, 2.05) is 26.1 Å². The first-order chi connectivity index (χ1) is 7.61. The van der Waals surface area contributed by atoms with Gasteiger partial charge in [0.05, 0.1) is 10.2 Å². The number of halogens is 1. The van der Waals surface area contributed by atoms with E-state index in [1.54, 1.807) is 11.3 Å². The van der Waals surface area contributed by atoms with Crippen molar-refractivity contribution in [3.05, 3.63) is 34.3 Å². The maximum atomic E-state index is 6.08. The minimum atomic E-state index is 0.759. The van der Waals surface area contributed by atoms with Gasteiger partial charge in [-0.15, -0.1) is 11.3 Å². The lowest BCUT2D eigenvalue weighted by Crippen LogP contribution is -2.05. The quantitative estimate of drug-likeness (QED) is 0.901. The Kier molecular flexibility index (Phi) is 3.28. The molecule has 2 rings (SSSR count). The maximum absolute atomic E-state index is 6.08. The number of benzene rings is 1. The monoisotopic (exact) mass is 252 g/mol. The van der Waals surface area contributed by atoms with Gasteiger partial charge in [-0.05, 0) is 37.2 Å². The number of nitrogens with zero attached hydrogens (tertiary/aromatic N) is 1. The van der Waals surface area contributed by atoms with Crippen molar-refractivity contribution in [2.45, 2.75) is 13.5 Å². The number of hydrogen-bond donors (Lipinski definition) is 1. The molecule has 0 atom stereocenters. The molecule has 2 aromatic rings. The van der Waals surface area contributed by atoms with Crippen LogP contribution in [0.4, 0.5) is 0 Å². The lowest BCUT2D eigenvalue weighted by Gasteiger charge is -2.01. The Hall–Kier alpha value is -0.900. The second-order valence-electron chi connectivity index (χ2n) is 3.74. The number of allylic oxidation sites excluding steroid dienone is 1. The summed E-state index contributed by atoms with van der Waals surface area (Å²) < 4.78 is 1.12. The number of fused-ring (bicyclic) bond motifs is 1. The molecule has 84 valence electrons. The van der Waals surface area contributed by atoms with E-state index < -0.39 is 0 Å². The van der Waals surface area contributed by atoms with Gasteiger partial charge in [0.2, 0.25) is 0 Å². The maximum Gasteiger partial charge on any atom is 0.119 e. The zero-order valence-corrected chi connectivity index (χ0v) is 10.9. The molecular weight excluding hydrogens is 240 g/mol. The van der Waals surface area contributed by atoms with Crippen molar-refractivity contribution in [3.63, 3.8) is 0 Å². The summed E-state index contributed by atoms with van der Waals surface area (Å²) in [7, 11) is 1.92. The van der Waals surface area contributed by atoms with Crippen molar-refractivity contribution in [1.82, 2.24) is 10.3 Å². The van der Waals surface area contributed by atoms with Gasteiger partial charge in [0.1, 0.15) is 5.01 Å². The highest BCUT2D eigenvalue weighted by Gasteiger charge is 2.09. The van der Waals surface area contributed by atoms with Crippen LogP contribution >= 0.6 is 22.9 Å². The Morgan fingerprint density at radius 2 is 2.31 bits per heavy atom. The molecule has 1 heterocycles. The van der Waals surface area contributed by atoms with E-state index >= 15 is 0 Å². The summed E-state index contributed by atoms with van der Waals surface area (Å²) in [6, 6.07) is 3.92. The average molecular weight is 253 g/mol. The van der Waals surface area contributed by atoms with Gasteiger partial charge in [-0.2, -0.15) is 0 Å². The minimum absolute atomic E-state index is 0.759. The predicted octanol–water partition coefficient (Wildman–Crippen LogP) is 3.70. The van der Waals surface area contributed by atoms with Crippen LogP contribution in [0.1, 0.15) is 17.5 Å². The highest BCUT2D eigenvalue weighted by molar-refractivity contribution is 7.19. The van der Waals surface area contributed by atoms with Gasteiger partial charge >= 0.3 is 0 Å². The Morgan fingerprint density at radius 3 is 2.94 bits per heavy atom. The van der Waals surface area contributed by atoms with Gasteiger partial charge in [-0.3, -0.25) is 0 Å². The summed E-state index contributed by atoms with van der Waals surface area (Å²) in [5.41, 5.74) is 3.16. The van der Waals surface area contributed by atoms with E-state index in [-0.39, 0.29) is 0 Å². The summed E-state index contributed by atoms with van der Waals surface area (Å²) in [6.07, 6.45) is 0. The molecule has 0 bridgehead atoms. The second kappa shape index (κ2) is 4.53. The topological polar surface area (TPSA) is 24.9 Å². The fourth-order valence-corrected chi connectivity index (χ4v) is 2.85. The molecule has 0 radical (unpaired) electrons. The van der Waals surface area contributed by atoms with E-state index in [1.165, 1.54) is 0 Å². The molecule has 16 heavy (non-hydrogen) atoms. The average Bonchev–Trinajstić information content (AvgIpc) is 2.61. The van der Waals surface area contributed by atoms with Crippen molar-refractivity contribution in [2.24, 2.45) is 0 Å². The van der Waals surface area contributed by atoms with Gasteiger partial charge in [0.15, 0.2) is 0 Å². The molecule has 1 N–H and O–H groups in total. The number of rotatable bonds is 3. The van der Waals surface area contributed by atoms with Gasteiger partial charge < -0.3 is 5.32 Å². The minimum Gasteiger partial charge on any atom is -0.316 e. The fraction of sp³-hybridized carbons (Fsp3) is 0.250. The van der Waals surface area contributed by atoms with Crippen LogP contribution in [0, 0.1) is 0 Å². The van der Waals surface area contributed by atoms with Crippen molar-refractivity contribution in [3.8, 4) is 0 Å². The Bertz CT molecular complexity index is 545. The van der Waals surface area contributed by atoms with Crippen LogP contribution in [-0.2, 0) is 6.54 Å². The molecule has 0 spiro atoms. The SMILES string of the molecule is C=C(C)c1nc2c(CNC)cc(Cl)cc2s1. The Morgan fingerprint density at radius 1 is 1.56 bits per heavy atom. The Balaban J connectivity index is 2.65. The van der Waals surface area contributed by atoms with Crippen LogP contribution in [0.5, 0.6) is 0 Å². The van der Waals surface area contributed by atoms with Crippen LogP contribution in [-0.4, -0.2) is 12.0 Å². The summed E-state index contributed by atoms with van der Waals surface area (Å²) >= 11 is 7.71. The van der Waals surface area contributed by atoms with Crippen molar-refractivity contribution in [2.75, 3.05) is 7.05 Å². The first-order valence-corrected chi connectivity index (χ1v) is 6.20. The van der Waals surface area contributed by atoms with Crippen LogP contribution < -0.4 is 5.32 Å². The molecular formula is C12H13ClN2S. The molecule has 0 amide bonds. The summed E-state index contributed by atoms with van der Waals surface area (Å²) in [6.45, 7) is 6.66.